The minimum atomic E-state index is -4.61. The molecule has 1 aliphatic heterocycles. The topological polar surface area (TPSA) is 130 Å². The summed E-state index contributed by atoms with van der Waals surface area (Å²) in [6.07, 6.45) is -1.59. The minimum absolute atomic E-state index is 0.0789. The maximum absolute atomic E-state index is 11.3. The van der Waals surface area contributed by atoms with Crippen LogP contribution < -0.4 is 0 Å². The molecule has 0 atom stereocenters. The molecule has 0 aromatic carbocycles. The molecule has 108 valence electrons. The van der Waals surface area contributed by atoms with Crippen LogP contribution in [0.15, 0.2) is 0 Å². The van der Waals surface area contributed by atoms with Crippen LogP contribution in [0.1, 0.15) is 26.7 Å². The Labute approximate surface area is 109 Å². The molecule has 2 amide bonds. The van der Waals surface area contributed by atoms with Gasteiger partial charge >= 0.3 is 6.16 Å². The molecule has 0 spiro atoms. The second-order valence-electron chi connectivity index (χ2n) is 4.49. The van der Waals surface area contributed by atoms with E-state index in [0.717, 1.165) is 0 Å². The van der Waals surface area contributed by atoms with Crippen LogP contribution in [0, 0.1) is 0 Å². The average Bonchev–Trinajstić information content (AvgIpc) is 2.44. The van der Waals surface area contributed by atoms with Crippen molar-refractivity contribution in [3.63, 3.8) is 0 Å². The molecule has 0 aromatic rings. The van der Waals surface area contributed by atoms with E-state index in [1.54, 1.807) is 0 Å². The molecule has 1 aliphatic rings. The summed E-state index contributed by atoms with van der Waals surface area (Å²) in [7, 11) is -4.61. The number of amides is 2. The first-order valence-electron chi connectivity index (χ1n) is 5.20. The van der Waals surface area contributed by atoms with Gasteiger partial charge in [0.1, 0.15) is 5.60 Å². The molecule has 0 aromatic heterocycles. The molecule has 0 unspecified atom stereocenters. The monoisotopic (exact) mass is 294 g/mol. The van der Waals surface area contributed by atoms with Gasteiger partial charge in [-0.15, -0.1) is 0 Å². The number of carbonyl (C=O) groups excluding carboxylic acids is 3. The number of imide groups is 1. The summed E-state index contributed by atoms with van der Waals surface area (Å²) in [6.45, 7) is 2.36. The van der Waals surface area contributed by atoms with Crippen molar-refractivity contribution in [1.29, 1.82) is 0 Å². The Morgan fingerprint density at radius 3 is 2.21 bits per heavy atom. The van der Waals surface area contributed by atoms with E-state index in [-0.39, 0.29) is 17.9 Å². The van der Waals surface area contributed by atoms with E-state index in [1.807, 2.05) is 0 Å². The van der Waals surface area contributed by atoms with Crippen LogP contribution in [0.3, 0.4) is 0 Å². The molecule has 19 heavy (non-hydrogen) atoms. The summed E-state index contributed by atoms with van der Waals surface area (Å²) in [5.74, 6) is -2.36. The van der Waals surface area contributed by atoms with Gasteiger partial charge in [0, 0.05) is 12.8 Å². The largest absolute Gasteiger partial charge is 0.748 e. The predicted molar refractivity (Wildman–Crippen MR) is 57.3 cm³/mol. The summed E-state index contributed by atoms with van der Waals surface area (Å²) in [5, 5.41) is 0.254. The summed E-state index contributed by atoms with van der Waals surface area (Å²) >= 11 is 0. The van der Waals surface area contributed by atoms with Crippen LogP contribution in [0.4, 0.5) is 4.79 Å². The number of carbonyl (C=O) groups is 3. The van der Waals surface area contributed by atoms with Crippen molar-refractivity contribution in [2.45, 2.75) is 32.3 Å². The van der Waals surface area contributed by atoms with E-state index in [9.17, 15) is 27.4 Å². The second kappa shape index (κ2) is 5.13. The van der Waals surface area contributed by atoms with Crippen LogP contribution in [-0.4, -0.2) is 47.4 Å². The molecule has 10 heteroatoms. The molecule has 0 saturated carbocycles. The van der Waals surface area contributed by atoms with Crippen molar-refractivity contribution in [2.24, 2.45) is 0 Å². The molecule has 1 saturated heterocycles. The number of hydrogen-bond donors (Lipinski definition) is 0. The van der Waals surface area contributed by atoms with Crippen molar-refractivity contribution in [3.8, 4) is 0 Å². The Hall–Kier alpha value is -1.68. The zero-order valence-electron chi connectivity index (χ0n) is 10.2. The van der Waals surface area contributed by atoms with Gasteiger partial charge in [-0.2, -0.15) is 0 Å². The Morgan fingerprint density at radius 1 is 1.32 bits per heavy atom. The molecular formula is C9H12NO8S-. The Kier molecular flexibility index (Phi) is 4.15. The number of ether oxygens (including phenoxy) is 1. The first kappa shape index (κ1) is 15.4. The summed E-state index contributed by atoms with van der Waals surface area (Å²) in [6, 6.07) is 0. The zero-order chi connectivity index (χ0) is 14.8. The van der Waals surface area contributed by atoms with Gasteiger partial charge in [0.25, 0.3) is 11.8 Å². The first-order valence-corrected chi connectivity index (χ1v) is 6.78. The normalized spacial score (nSPS) is 16.7. The van der Waals surface area contributed by atoms with Crippen LogP contribution >= 0.6 is 0 Å². The van der Waals surface area contributed by atoms with Crippen LogP contribution in [0.5, 0.6) is 0 Å². The highest BCUT2D eigenvalue weighted by molar-refractivity contribution is 7.85. The van der Waals surface area contributed by atoms with E-state index in [2.05, 4.69) is 9.57 Å². The van der Waals surface area contributed by atoms with Gasteiger partial charge in [0.2, 0.25) is 0 Å². The average molecular weight is 294 g/mol. The van der Waals surface area contributed by atoms with Gasteiger partial charge in [0.15, 0.2) is 0 Å². The predicted octanol–water partition coefficient (Wildman–Crippen LogP) is -0.473. The lowest BCUT2D eigenvalue weighted by atomic mass is 10.2. The van der Waals surface area contributed by atoms with Gasteiger partial charge in [-0.3, -0.25) is 14.4 Å². The van der Waals surface area contributed by atoms with Gasteiger partial charge in [0.05, 0.1) is 15.9 Å². The second-order valence-corrected chi connectivity index (χ2v) is 5.89. The maximum atomic E-state index is 11.3. The van der Waals surface area contributed by atoms with Crippen molar-refractivity contribution in [1.82, 2.24) is 5.06 Å². The fraction of sp³-hybridized carbons (Fsp3) is 0.667. The van der Waals surface area contributed by atoms with Crippen molar-refractivity contribution in [2.75, 3.05) is 5.75 Å². The highest BCUT2D eigenvalue weighted by Crippen LogP contribution is 2.16. The molecule has 0 N–H and O–H groups in total. The van der Waals surface area contributed by atoms with E-state index in [4.69, 9.17) is 0 Å². The molecule has 0 bridgehead atoms. The lowest BCUT2D eigenvalue weighted by molar-refractivity contribution is -0.180. The van der Waals surface area contributed by atoms with Crippen molar-refractivity contribution in [3.05, 3.63) is 0 Å². The molecule has 1 heterocycles. The number of rotatable bonds is 4. The number of hydrogen-bond acceptors (Lipinski definition) is 8. The lowest BCUT2D eigenvalue weighted by Gasteiger charge is -2.26. The molecule has 1 fully saturated rings. The molecule has 1 rings (SSSR count). The van der Waals surface area contributed by atoms with E-state index < -0.39 is 39.4 Å². The van der Waals surface area contributed by atoms with E-state index >= 15 is 0 Å². The maximum Gasteiger partial charge on any atom is 0.534 e. The number of nitrogens with zero attached hydrogens (tertiary/aromatic N) is 1. The van der Waals surface area contributed by atoms with Crippen molar-refractivity contribution < 1.29 is 36.9 Å². The molecular weight excluding hydrogens is 282 g/mol. The van der Waals surface area contributed by atoms with E-state index in [0.29, 0.717) is 0 Å². The van der Waals surface area contributed by atoms with Gasteiger partial charge in [-0.05, 0) is 13.8 Å². The Balaban J connectivity index is 2.60. The Bertz CT molecular complexity index is 492. The third-order valence-electron chi connectivity index (χ3n) is 2.06. The standard InChI is InChI=1S/C9H13NO8S/c1-9(2,5-19(14,15)16)17-8(13)18-10-6(11)3-4-7(10)12/h3-5H2,1-2H3,(H,14,15,16)/p-1. The highest BCUT2D eigenvalue weighted by Gasteiger charge is 2.35. The van der Waals surface area contributed by atoms with Gasteiger partial charge in [-0.1, -0.05) is 5.06 Å². The summed E-state index contributed by atoms with van der Waals surface area (Å²) in [5.41, 5.74) is -1.64. The fourth-order valence-electron chi connectivity index (χ4n) is 1.43. The smallest absolute Gasteiger partial charge is 0.534 e. The van der Waals surface area contributed by atoms with Crippen molar-refractivity contribution >= 4 is 28.1 Å². The quantitative estimate of drug-likeness (QED) is 0.386. The van der Waals surface area contributed by atoms with Gasteiger partial charge < -0.3 is 9.29 Å². The SMILES string of the molecule is CC(C)(CS(=O)(=O)[O-])OC(=O)ON1C(=O)CCC1=O. The summed E-state index contributed by atoms with van der Waals surface area (Å²) < 4.78 is 36.3. The molecule has 9 nitrogen and oxygen atoms in total. The minimum Gasteiger partial charge on any atom is -0.748 e. The zero-order valence-corrected chi connectivity index (χ0v) is 11.1. The summed E-state index contributed by atoms with van der Waals surface area (Å²) in [4.78, 5) is 37.9. The highest BCUT2D eigenvalue weighted by atomic mass is 32.2. The van der Waals surface area contributed by atoms with E-state index in [1.165, 1.54) is 13.8 Å². The third kappa shape index (κ3) is 4.83. The fourth-order valence-corrected chi connectivity index (χ4v) is 2.34. The third-order valence-corrected chi connectivity index (χ3v) is 3.10. The van der Waals surface area contributed by atoms with Crippen LogP contribution in [0.25, 0.3) is 0 Å². The van der Waals surface area contributed by atoms with Gasteiger partial charge in [-0.25, -0.2) is 13.2 Å². The lowest BCUT2D eigenvalue weighted by Crippen LogP contribution is -2.39. The Morgan fingerprint density at radius 2 is 1.79 bits per heavy atom. The van der Waals surface area contributed by atoms with Crippen LogP contribution in [-0.2, 0) is 29.3 Å². The first-order chi connectivity index (χ1) is 8.50. The molecule has 0 radical (unpaired) electrons. The van der Waals surface area contributed by atoms with Crippen LogP contribution in [0.2, 0.25) is 0 Å². The number of hydroxylamine groups is 2. The molecule has 0 aliphatic carbocycles.